The van der Waals surface area contributed by atoms with E-state index in [-0.39, 0.29) is 11.8 Å². The van der Waals surface area contributed by atoms with E-state index in [0.717, 1.165) is 5.75 Å². The van der Waals surface area contributed by atoms with Gasteiger partial charge in [-0.1, -0.05) is 37.3 Å². The number of methoxy groups -OCH3 is 1. The summed E-state index contributed by atoms with van der Waals surface area (Å²) < 4.78 is 10.7. The first kappa shape index (κ1) is 16.9. The summed E-state index contributed by atoms with van der Waals surface area (Å²) in [5.74, 6) is 1.53. The maximum Gasteiger partial charge on any atom is 0.260 e. The zero-order valence-electron chi connectivity index (χ0n) is 13.8. The zero-order chi connectivity index (χ0) is 16.7. The van der Waals surface area contributed by atoms with E-state index in [9.17, 15) is 4.79 Å². The minimum atomic E-state index is -0.550. The molecule has 2 rings (SSSR count). The van der Waals surface area contributed by atoms with Gasteiger partial charge in [0.15, 0.2) is 6.10 Å². The van der Waals surface area contributed by atoms with E-state index in [4.69, 9.17) is 9.47 Å². The molecule has 0 fully saturated rings. The molecule has 0 radical (unpaired) electrons. The molecule has 122 valence electrons. The second-order valence-corrected chi connectivity index (χ2v) is 5.49. The molecule has 4 nitrogen and oxygen atoms in total. The van der Waals surface area contributed by atoms with Gasteiger partial charge >= 0.3 is 0 Å². The van der Waals surface area contributed by atoms with Crippen LogP contribution in [0.25, 0.3) is 0 Å². The van der Waals surface area contributed by atoms with Gasteiger partial charge < -0.3 is 14.8 Å². The van der Waals surface area contributed by atoms with Gasteiger partial charge in [0.2, 0.25) is 0 Å². The van der Waals surface area contributed by atoms with Gasteiger partial charge in [0.05, 0.1) is 7.11 Å². The van der Waals surface area contributed by atoms with Gasteiger partial charge in [-0.2, -0.15) is 0 Å². The molecule has 0 aliphatic carbocycles. The van der Waals surface area contributed by atoms with Crippen molar-refractivity contribution in [3.8, 4) is 11.5 Å². The topological polar surface area (TPSA) is 47.6 Å². The molecule has 2 atom stereocenters. The predicted octanol–water partition coefficient (Wildman–Crippen LogP) is 3.38. The summed E-state index contributed by atoms with van der Waals surface area (Å²) in [6, 6.07) is 17.3. The van der Waals surface area contributed by atoms with E-state index in [2.05, 4.69) is 24.4 Å². The summed E-state index contributed by atoms with van der Waals surface area (Å²) in [5.41, 5.74) is 1.21. The van der Waals surface area contributed by atoms with E-state index >= 15 is 0 Å². The molecule has 2 aromatic carbocycles. The predicted molar refractivity (Wildman–Crippen MR) is 91.0 cm³/mol. The van der Waals surface area contributed by atoms with Crippen molar-refractivity contribution in [3.63, 3.8) is 0 Å². The third-order valence-electron chi connectivity index (χ3n) is 3.69. The highest BCUT2D eigenvalue weighted by atomic mass is 16.5. The largest absolute Gasteiger partial charge is 0.497 e. The third-order valence-corrected chi connectivity index (χ3v) is 3.69. The molecule has 1 amide bonds. The quantitative estimate of drug-likeness (QED) is 0.852. The summed E-state index contributed by atoms with van der Waals surface area (Å²) in [5, 5.41) is 2.93. The maximum atomic E-state index is 12.1. The first-order chi connectivity index (χ1) is 11.1. The third kappa shape index (κ3) is 5.02. The minimum Gasteiger partial charge on any atom is -0.497 e. The van der Waals surface area contributed by atoms with Crippen molar-refractivity contribution in [2.75, 3.05) is 13.7 Å². The maximum absolute atomic E-state index is 12.1. The number of carbonyl (C=O) groups is 1. The summed E-state index contributed by atoms with van der Waals surface area (Å²) in [6.45, 7) is 4.41. The van der Waals surface area contributed by atoms with E-state index in [1.54, 1.807) is 38.3 Å². The molecule has 0 heterocycles. The lowest BCUT2D eigenvalue weighted by Crippen LogP contribution is -2.38. The van der Waals surface area contributed by atoms with Gasteiger partial charge in [-0.25, -0.2) is 0 Å². The van der Waals surface area contributed by atoms with Gasteiger partial charge in [-0.3, -0.25) is 4.79 Å². The van der Waals surface area contributed by atoms with Crippen LogP contribution >= 0.6 is 0 Å². The Balaban J connectivity index is 1.82. The Hall–Kier alpha value is -2.49. The number of rotatable bonds is 7. The van der Waals surface area contributed by atoms with Crippen LogP contribution in [-0.2, 0) is 4.79 Å². The van der Waals surface area contributed by atoms with Crippen LogP contribution in [0.5, 0.6) is 11.5 Å². The number of nitrogens with one attached hydrogen (secondary N) is 1. The fourth-order valence-corrected chi connectivity index (χ4v) is 2.21. The highest BCUT2D eigenvalue weighted by Gasteiger charge is 2.15. The highest BCUT2D eigenvalue weighted by molar-refractivity contribution is 5.80. The van der Waals surface area contributed by atoms with E-state index < -0.39 is 6.10 Å². The number of amides is 1. The number of ether oxygens (including phenoxy) is 2. The van der Waals surface area contributed by atoms with Gasteiger partial charge in [0, 0.05) is 6.54 Å². The van der Waals surface area contributed by atoms with Crippen LogP contribution in [0, 0.1) is 0 Å². The molecule has 23 heavy (non-hydrogen) atoms. The molecule has 1 N–H and O–H groups in total. The van der Waals surface area contributed by atoms with Gasteiger partial charge in [-0.15, -0.1) is 0 Å². The summed E-state index contributed by atoms with van der Waals surface area (Å²) in [4.78, 5) is 12.1. The van der Waals surface area contributed by atoms with Crippen LogP contribution < -0.4 is 14.8 Å². The molecule has 0 aliphatic rings. The summed E-state index contributed by atoms with van der Waals surface area (Å²) in [6.07, 6.45) is -0.550. The normalized spacial score (nSPS) is 13.0. The van der Waals surface area contributed by atoms with Crippen LogP contribution in [0.2, 0.25) is 0 Å². The molecule has 0 aliphatic heterocycles. The van der Waals surface area contributed by atoms with Crippen LogP contribution in [0.3, 0.4) is 0 Å². The van der Waals surface area contributed by atoms with Crippen LogP contribution in [-0.4, -0.2) is 25.7 Å². The average molecular weight is 313 g/mol. The van der Waals surface area contributed by atoms with Crippen molar-refractivity contribution >= 4 is 5.91 Å². The number of hydrogen-bond acceptors (Lipinski definition) is 3. The molecule has 4 heteroatoms. The second-order valence-electron chi connectivity index (χ2n) is 5.49. The van der Waals surface area contributed by atoms with Crippen LogP contribution in [0.1, 0.15) is 25.3 Å². The molecular formula is C19H23NO3. The fraction of sp³-hybridized carbons (Fsp3) is 0.316. The Bertz CT molecular complexity index is 610. The summed E-state index contributed by atoms with van der Waals surface area (Å²) >= 11 is 0. The van der Waals surface area contributed by atoms with Crippen molar-refractivity contribution < 1.29 is 14.3 Å². The number of carbonyl (C=O) groups excluding carboxylic acids is 1. The van der Waals surface area contributed by atoms with Gasteiger partial charge in [0.1, 0.15) is 11.5 Å². The van der Waals surface area contributed by atoms with Crippen molar-refractivity contribution in [3.05, 3.63) is 60.2 Å². The zero-order valence-corrected chi connectivity index (χ0v) is 13.8. The SMILES string of the molecule is COc1ccc(OC(C)C(=O)NCC(C)c2ccccc2)cc1. The molecule has 0 saturated carbocycles. The Morgan fingerprint density at radius 1 is 1.00 bits per heavy atom. The molecule has 0 spiro atoms. The van der Waals surface area contributed by atoms with Crippen molar-refractivity contribution in [1.82, 2.24) is 5.32 Å². The Morgan fingerprint density at radius 3 is 2.22 bits per heavy atom. The molecular weight excluding hydrogens is 290 g/mol. The Kier molecular flexibility index (Phi) is 6.03. The average Bonchev–Trinajstić information content (AvgIpc) is 2.60. The van der Waals surface area contributed by atoms with Crippen molar-refractivity contribution in [2.24, 2.45) is 0 Å². The standard InChI is InChI=1S/C19H23NO3/c1-14(16-7-5-4-6-8-16)13-20-19(21)15(2)23-18-11-9-17(22-3)10-12-18/h4-12,14-15H,13H2,1-3H3,(H,20,21). The van der Waals surface area contributed by atoms with E-state index in [1.807, 2.05) is 18.2 Å². The van der Waals surface area contributed by atoms with E-state index in [0.29, 0.717) is 12.3 Å². The number of hydrogen-bond donors (Lipinski definition) is 1. The first-order valence-corrected chi connectivity index (χ1v) is 7.73. The smallest absolute Gasteiger partial charge is 0.260 e. The lowest BCUT2D eigenvalue weighted by atomic mass is 10.0. The highest BCUT2D eigenvalue weighted by Crippen LogP contribution is 2.18. The minimum absolute atomic E-state index is 0.122. The van der Waals surface area contributed by atoms with Crippen LogP contribution in [0.15, 0.2) is 54.6 Å². The number of benzene rings is 2. The summed E-state index contributed by atoms with van der Waals surface area (Å²) in [7, 11) is 1.61. The monoisotopic (exact) mass is 313 g/mol. The Labute approximate surface area is 137 Å². The van der Waals surface area contributed by atoms with Crippen molar-refractivity contribution in [2.45, 2.75) is 25.9 Å². The molecule has 0 bridgehead atoms. The Morgan fingerprint density at radius 2 is 1.61 bits per heavy atom. The lowest BCUT2D eigenvalue weighted by molar-refractivity contribution is -0.127. The van der Waals surface area contributed by atoms with E-state index in [1.165, 1.54) is 5.56 Å². The second kappa shape index (κ2) is 8.22. The van der Waals surface area contributed by atoms with Gasteiger partial charge in [0.25, 0.3) is 5.91 Å². The molecule has 2 unspecified atom stereocenters. The fourth-order valence-electron chi connectivity index (χ4n) is 2.21. The molecule has 2 aromatic rings. The van der Waals surface area contributed by atoms with Gasteiger partial charge in [-0.05, 0) is 42.7 Å². The molecule has 0 saturated heterocycles. The van der Waals surface area contributed by atoms with Crippen LogP contribution in [0.4, 0.5) is 0 Å². The first-order valence-electron chi connectivity index (χ1n) is 7.73. The lowest BCUT2D eigenvalue weighted by Gasteiger charge is -2.17. The van der Waals surface area contributed by atoms with Crippen molar-refractivity contribution in [1.29, 1.82) is 0 Å². The molecule has 0 aromatic heterocycles.